The second-order valence-electron chi connectivity index (χ2n) is 5.74. The van der Waals surface area contributed by atoms with Gasteiger partial charge in [-0.05, 0) is 49.3 Å². The predicted molar refractivity (Wildman–Crippen MR) is 85.2 cm³/mol. The van der Waals surface area contributed by atoms with E-state index in [0.717, 1.165) is 29.3 Å². The summed E-state index contributed by atoms with van der Waals surface area (Å²) in [4.78, 5) is 0.374. The van der Waals surface area contributed by atoms with E-state index in [1.165, 1.54) is 0 Å². The van der Waals surface area contributed by atoms with E-state index in [9.17, 15) is 8.42 Å². The number of hydrogen-bond acceptors (Lipinski definition) is 2. The molecule has 3 unspecified atom stereocenters. The standard InChI is InChI=1S/C15H22BrNO2S/c1-4-12-6-8-14(11(12)3)17-20(18,19)15-9-13(16)7-5-10(15)2/h5,7,9,11-12,14,17H,4,6,8H2,1-3H3. The fraction of sp³-hybridized carbons (Fsp3) is 0.600. The molecule has 0 saturated heterocycles. The molecule has 0 aromatic heterocycles. The first-order valence-corrected chi connectivity index (χ1v) is 9.41. The van der Waals surface area contributed by atoms with Crippen molar-refractivity contribution in [2.45, 2.75) is 51.0 Å². The molecule has 1 saturated carbocycles. The molecule has 112 valence electrons. The Balaban J connectivity index is 2.22. The van der Waals surface area contributed by atoms with Crippen LogP contribution in [-0.2, 0) is 10.0 Å². The van der Waals surface area contributed by atoms with Gasteiger partial charge in [0.25, 0.3) is 0 Å². The molecule has 3 nitrogen and oxygen atoms in total. The molecular formula is C15H22BrNO2S. The molecule has 0 aliphatic heterocycles. The molecule has 2 rings (SSSR count). The van der Waals surface area contributed by atoms with Gasteiger partial charge in [0.1, 0.15) is 0 Å². The van der Waals surface area contributed by atoms with E-state index in [-0.39, 0.29) is 6.04 Å². The monoisotopic (exact) mass is 359 g/mol. The Kier molecular flexibility index (Phi) is 4.92. The normalized spacial score (nSPS) is 26.9. The van der Waals surface area contributed by atoms with Crippen LogP contribution in [0.25, 0.3) is 0 Å². The molecule has 0 heterocycles. The fourth-order valence-corrected chi connectivity index (χ4v) is 5.26. The highest BCUT2D eigenvalue weighted by molar-refractivity contribution is 9.10. The minimum absolute atomic E-state index is 0.0586. The van der Waals surface area contributed by atoms with Crippen molar-refractivity contribution in [1.29, 1.82) is 0 Å². The number of rotatable bonds is 4. The number of sulfonamides is 1. The van der Waals surface area contributed by atoms with Gasteiger partial charge in [0, 0.05) is 10.5 Å². The summed E-state index contributed by atoms with van der Waals surface area (Å²) in [5.74, 6) is 1.04. The molecule has 0 spiro atoms. The zero-order valence-corrected chi connectivity index (χ0v) is 14.6. The van der Waals surface area contributed by atoms with Crippen molar-refractivity contribution in [3.63, 3.8) is 0 Å². The van der Waals surface area contributed by atoms with E-state index >= 15 is 0 Å². The molecule has 0 bridgehead atoms. The molecule has 0 radical (unpaired) electrons. The summed E-state index contributed by atoms with van der Waals surface area (Å²) in [6.45, 7) is 6.16. The van der Waals surface area contributed by atoms with Crippen LogP contribution >= 0.6 is 15.9 Å². The second-order valence-corrected chi connectivity index (χ2v) is 8.34. The van der Waals surface area contributed by atoms with Gasteiger partial charge in [-0.3, -0.25) is 0 Å². The summed E-state index contributed by atoms with van der Waals surface area (Å²) in [5, 5.41) is 0. The Hall–Kier alpha value is -0.390. The number of aryl methyl sites for hydroxylation is 1. The highest BCUT2D eigenvalue weighted by Gasteiger charge is 2.34. The molecule has 3 atom stereocenters. The van der Waals surface area contributed by atoms with Gasteiger partial charge < -0.3 is 0 Å². The molecule has 1 aliphatic carbocycles. The number of benzene rings is 1. The molecule has 20 heavy (non-hydrogen) atoms. The quantitative estimate of drug-likeness (QED) is 0.886. The van der Waals surface area contributed by atoms with Gasteiger partial charge in [0.2, 0.25) is 10.0 Å². The van der Waals surface area contributed by atoms with E-state index in [1.807, 2.05) is 19.1 Å². The molecule has 5 heteroatoms. The van der Waals surface area contributed by atoms with Crippen LogP contribution in [0, 0.1) is 18.8 Å². The summed E-state index contributed by atoms with van der Waals surface area (Å²) in [5.41, 5.74) is 0.776. The average Bonchev–Trinajstić information content (AvgIpc) is 2.73. The van der Waals surface area contributed by atoms with Crippen LogP contribution in [0.1, 0.15) is 38.7 Å². The van der Waals surface area contributed by atoms with Crippen molar-refractivity contribution >= 4 is 26.0 Å². The maximum atomic E-state index is 12.6. The Morgan fingerprint density at radius 1 is 1.35 bits per heavy atom. The lowest BCUT2D eigenvalue weighted by Crippen LogP contribution is -2.37. The van der Waals surface area contributed by atoms with Gasteiger partial charge in [-0.25, -0.2) is 13.1 Å². The summed E-state index contributed by atoms with van der Waals surface area (Å²) < 4.78 is 28.8. The van der Waals surface area contributed by atoms with Gasteiger partial charge in [0.15, 0.2) is 0 Å². The van der Waals surface area contributed by atoms with Gasteiger partial charge in [-0.15, -0.1) is 0 Å². The third-order valence-corrected chi connectivity index (χ3v) is 6.62. The number of halogens is 1. The van der Waals surface area contributed by atoms with E-state index in [4.69, 9.17) is 0 Å². The van der Waals surface area contributed by atoms with Gasteiger partial charge in [-0.1, -0.05) is 42.3 Å². The largest absolute Gasteiger partial charge is 0.241 e. The predicted octanol–water partition coefficient (Wildman–Crippen LogP) is 3.86. The Bertz CT molecular complexity index is 586. The lowest BCUT2D eigenvalue weighted by molar-refractivity contribution is 0.368. The minimum atomic E-state index is -3.44. The van der Waals surface area contributed by atoms with E-state index in [2.05, 4.69) is 34.5 Å². The van der Waals surface area contributed by atoms with Crippen LogP contribution in [-0.4, -0.2) is 14.5 Å². The molecule has 1 aliphatic rings. The van der Waals surface area contributed by atoms with E-state index < -0.39 is 10.0 Å². The lowest BCUT2D eigenvalue weighted by Gasteiger charge is -2.21. The van der Waals surface area contributed by atoms with Crippen LogP contribution in [0.5, 0.6) is 0 Å². The van der Waals surface area contributed by atoms with Crippen LogP contribution < -0.4 is 4.72 Å². The van der Waals surface area contributed by atoms with Crippen LogP contribution in [0.2, 0.25) is 0 Å². The summed E-state index contributed by atoms with van der Waals surface area (Å²) in [6, 6.07) is 5.42. The van der Waals surface area contributed by atoms with E-state index in [0.29, 0.717) is 16.7 Å². The van der Waals surface area contributed by atoms with Crippen molar-refractivity contribution in [3.8, 4) is 0 Å². The Morgan fingerprint density at radius 2 is 2.05 bits per heavy atom. The third-order valence-electron chi connectivity index (χ3n) is 4.50. The van der Waals surface area contributed by atoms with Crippen molar-refractivity contribution in [2.75, 3.05) is 0 Å². The van der Waals surface area contributed by atoms with Crippen LogP contribution in [0.4, 0.5) is 0 Å². The van der Waals surface area contributed by atoms with Gasteiger partial charge in [0.05, 0.1) is 4.90 Å². The topological polar surface area (TPSA) is 46.2 Å². The number of hydrogen-bond donors (Lipinski definition) is 1. The first kappa shape index (κ1) is 16.0. The first-order valence-electron chi connectivity index (χ1n) is 7.13. The molecule has 1 N–H and O–H groups in total. The SMILES string of the molecule is CCC1CCC(NS(=O)(=O)c2cc(Br)ccc2C)C1C. The molecule has 0 amide bonds. The average molecular weight is 360 g/mol. The zero-order valence-electron chi connectivity index (χ0n) is 12.2. The Labute approximate surface area is 130 Å². The minimum Gasteiger partial charge on any atom is -0.208 e. The smallest absolute Gasteiger partial charge is 0.208 e. The van der Waals surface area contributed by atoms with Crippen molar-refractivity contribution in [3.05, 3.63) is 28.2 Å². The summed E-state index contributed by atoms with van der Waals surface area (Å²) >= 11 is 3.34. The lowest BCUT2D eigenvalue weighted by atomic mass is 9.94. The van der Waals surface area contributed by atoms with Gasteiger partial charge >= 0.3 is 0 Å². The third kappa shape index (κ3) is 3.26. The highest BCUT2D eigenvalue weighted by Crippen LogP contribution is 2.35. The molecule has 1 aromatic rings. The molecule has 1 aromatic carbocycles. The summed E-state index contributed by atoms with van der Waals surface area (Å²) in [6.07, 6.45) is 3.17. The Morgan fingerprint density at radius 3 is 2.65 bits per heavy atom. The van der Waals surface area contributed by atoms with Gasteiger partial charge in [-0.2, -0.15) is 0 Å². The summed E-state index contributed by atoms with van der Waals surface area (Å²) in [7, 11) is -3.44. The number of nitrogens with one attached hydrogen (secondary N) is 1. The van der Waals surface area contributed by atoms with Crippen molar-refractivity contribution in [1.82, 2.24) is 4.72 Å². The van der Waals surface area contributed by atoms with Crippen LogP contribution in [0.15, 0.2) is 27.6 Å². The van der Waals surface area contributed by atoms with Crippen LogP contribution in [0.3, 0.4) is 0 Å². The maximum Gasteiger partial charge on any atom is 0.241 e. The molecule has 1 fully saturated rings. The first-order chi connectivity index (χ1) is 9.35. The van der Waals surface area contributed by atoms with Crippen molar-refractivity contribution < 1.29 is 8.42 Å². The maximum absolute atomic E-state index is 12.6. The van der Waals surface area contributed by atoms with Crippen molar-refractivity contribution in [2.24, 2.45) is 11.8 Å². The highest BCUT2D eigenvalue weighted by atomic mass is 79.9. The molecular weight excluding hydrogens is 338 g/mol. The second kappa shape index (κ2) is 6.16. The van der Waals surface area contributed by atoms with E-state index in [1.54, 1.807) is 6.07 Å². The zero-order chi connectivity index (χ0) is 14.9. The fourth-order valence-electron chi connectivity index (χ4n) is 3.12.